The molecule has 0 amide bonds. The first-order chi connectivity index (χ1) is 62.8. The van der Waals surface area contributed by atoms with Crippen molar-refractivity contribution in [2.24, 2.45) is 0 Å². The van der Waals surface area contributed by atoms with E-state index in [1.54, 1.807) is 49.0 Å². The minimum Gasteiger partial charge on any atom is -0.480 e. The summed E-state index contributed by atoms with van der Waals surface area (Å²) in [6.45, 7) is 11.0. The summed E-state index contributed by atoms with van der Waals surface area (Å²) in [6, 6.07) is 0. The second-order valence-electron chi connectivity index (χ2n) is 34.0. The molecule has 0 bridgehead atoms. The summed E-state index contributed by atoms with van der Waals surface area (Å²) in [4.78, 5) is 206. The zero-order chi connectivity index (χ0) is 99.1. The molecule has 768 valence electrons. The van der Waals surface area contributed by atoms with E-state index in [1.807, 2.05) is 48.1 Å². The lowest BCUT2D eigenvalue weighted by Crippen LogP contribution is -2.51. The van der Waals surface area contributed by atoms with Crippen molar-refractivity contribution in [2.75, 3.05) is 393 Å². The maximum Gasteiger partial charge on any atom is 0.339 e. The predicted molar refractivity (Wildman–Crippen MR) is 475 cm³/mol. The topological polar surface area (TPSA) is 677 Å². The molecule has 18 N–H and O–H groups in total. The van der Waals surface area contributed by atoms with Gasteiger partial charge >= 0.3 is 79.2 Å². The Hall–Kier alpha value is -7.70. The monoisotopic (exact) mass is 1940 g/mol. The third-order valence-electron chi connectivity index (χ3n) is 22.8. The summed E-state index contributed by atoms with van der Waals surface area (Å²) >= 11 is 0. The van der Waals surface area contributed by atoms with E-state index in [0.717, 1.165) is 6.54 Å². The summed E-state index contributed by atoms with van der Waals surface area (Å²) in [6.07, 6.45) is -4.95. The van der Waals surface area contributed by atoms with Gasteiger partial charge in [0.1, 0.15) is 13.0 Å². The lowest BCUT2D eigenvalue weighted by Gasteiger charge is -2.35. The highest BCUT2D eigenvalue weighted by molar-refractivity contribution is 7.51. The molecular weight excluding hydrogens is 1790 g/mol. The Balaban J connectivity index is 0.000000686. The number of hydrogen-bond donors (Lipinski definition) is 18. The maximum absolute atomic E-state index is 12.3. The van der Waals surface area contributed by atoms with Crippen molar-refractivity contribution in [1.82, 2.24) is 98.0 Å². The third-order valence-corrected chi connectivity index (χ3v) is 23.6. The molecule has 0 aromatic carbocycles. The van der Waals surface area contributed by atoms with Gasteiger partial charge in [0.25, 0.3) is 6.47 Å². The molecule has 0 radical (unpaired) electrons. The molecule has 4 aliphatic rings. The number of β-amino-alcohol motifs (C(OH)–C–C–N with tert-alkyl or cyclic N) is 4. The largest absolute Gasteiger partial charge is 0.480 e. The lowest BCUT2D eigenvalue weighted by atomic mass is 10.2. The Kier molecular flexibility index (Phi) is 59.9. The van der Waals surface area contributed by atoms with E-state index in [-0.39, 0.29) is 321 Å². The summed E-state index contributed by atoms with van der Waals surface area (Å²) in [5.41, 5.74) is 0. The molecular formula is C79H149N20O33P. The van der Waals surface area contributed by atoms with Crippen LogP contribution in [0.3, 0.4) is 0 Å². The number of carbonyl (C=O) groups is 13. The fourth-order valence-electron chi connectivity index (χ4n) is 16.0. The fraction of sp³-hybridized carbons (Fsp3) is 0.835. The van der Waals surface area contributed by atoms with Gasteiger partial charge in [0.2, 0.25) is 0 Å². The van der Waals surface area contributed by atoms with Crippen molar-refractivity contribution < 1.29 is 163 Å². The van der Waals surface area contributed by atoms with E-state index in [2.05, 4.69) is 4.90 Å². The second-order valence-corrected chi connectivity index (χ2v) is 35.6. The van der Waals surface area contributed by atoms with E-state index < -0.39 is 116 Å². The first kappa shape index (κ1) is 119. The normalized spacial score (nSPS) is 19.9. The number of carboxylic acid groups (broad SMARTS) is 12. The molecule has 4 atom stereocenters. The molecule has 53 nitrogen and oxygen atoms in total. The van der Waals surface area contributed by atoms with Gasteiger partial charge in [-0.3, -0.25) is 160 Å². The number of hydrogen-bond acceptors (Lipinski definition) is 39. The van der Waals surface area contributed by atoms with Crippen molar-refractivity contribution in [3.8, 4) is 0 Å². The molecule has 4 unspecified atom stereocenters. The molecule has 0 spiro atoms. The van der Waals surface area contributed by atoms with E-state index >= 15 is 0 Å². The molecule has 0 aliphatic carbocycles. The van der Waals surface area contributed by atoms with Crippen LogP contribution >= 0.6 is 7.60 Å². The van der Waals surface area contributed by atoms with Gasteiger partial charge in [0.15, 0.2) is 0 Å². The SMILES string of the molecule is CCN1CCN(CC(=O)O)CCN(CC(O)CN(CC)CCN(CC(O)CN2CCN(CC(=O)O)CCN(CC(=O)O)CCN(CC(=O)O)CC2)CP(=O)(O)O)CCN(CC(=O)O)CC1.O=COCN(CCN(CC(=O)O)CC(O)CN1CCN(CC(=O)O)CCN(CC(=O)O)CCN(CC(=O)O)CC1)CC(O)CN1CCN(CC(=O)O)CCN(CC(=O)O)CCN(CC(=O)O)CC1. The van der Waals surface area contributed by atoms with Gasteiger partial charge < -0.3 is 101 Å². The van der Waals surface area contributed by atoms with Gasteiger partial charge in [0, 0.05) is 288 Å². The molecule has 133 heavy (non-hydrogen) atoms. The van der Waals surface area contributed by atoms with Gasteiger partial charge in [-0.2, -0.15) is 0 Å². The van der Waals surface area contributed by atoms with Gasteiger partial charge in [0.05, 0.1) is 103 Å². The highest BCUT2D eigenvalue weighted by atomic mass is 31.2. The van der Waals surface area contributed by atoms with Crippen LogP contribution in [0.25, 0.3) is 0 Å². The molecule has 0 aromatic heterocycles. The van der Waals surface area contributed by atoms with Crippen molar-refractivity contribution in [2.45, 2.75) is 38.3 Å². The van der Waals surface area contributed by atoms with E-state index in [9.17, 15) is 158 Å². The second kappa shape index (κ2) is 66.7. The van der Waals surface area contributed by atoms with Gasteiger partial charge in [-0.25, -0.2) is 0 Å². The number of likely N-dealkylation sites (N-methyl/N-ethyl adjacent to an activating group) is 2. The molecule has 0 aromatic rings. The summed E-state index contributed by atoms with van der Waals surface area (Å²) in [5.74, 6) is -12.9. The Morgan fingerprint density at radius 2 is 0.444 bits per heavy atom. The Labute approximate surface area is 774 Å². The molecule has 4 saturated heterocycles. The predicted octanol–water partition coefficient (Wildman–Crippen LogP) is -11.2. The number of ether oxygens (including phenoxy) is 1. The first-order valence-electron chi connectivity index (χ1n) is 44.7. The number of aliphatic hydroxyl groups excluding tert-OH is 4. The summed E-state index contributed by atoms with van der Waals surface area (Å²) < 4.78 is 17.3. The van der Waals surface area contributed by atoms with Crippen molar-refractivity contribution in [3.63, 3.8) is 0 Å². The van der Waals surface area contributed by atoms with Crippen molar-refractivity contribution >= 4 is 85.7 Å². The zero-order valence-corrected chi connectivity index (χ0v) is 77.8. The van der Waals surface area contributed by atoms with Gasteiger partial charge in [-0.05, 0) is 13.1 Å². The number of rotatable bonds is 53. The molecule has 54 heteroatoms. The first-order valence-corrected chi connectivity index (χ1v) is 46.5. The van der Waals surface area contributed by atoms with Crippen LogP contribution in [-0.4, -0.2) is 685 Å². The third kappa shape index (κ3) is 60.5. The average Bonchev–Trinajstić information content (AvgIpc) is 0.897. The number of carboxylic acids is 12. The van der Waals surface area contributed by atoms with Crippen LogP contribution in [0.15, 0.2) is 0 Å². The number of nitrogens with zero attached hydrogens (tertiary/aromatic N) is 20. The zero-order valence-electron chi connectivity index (χ0n) is 76.9. The fourth-order valence-corrected chi connectivity index (χ4v) is 16.8. The van der Waals surface area contributed by atoms with Crippen LogP contribution in [0.4, 0.5) is 0 Å². The Morgan fingerprint density at radius 1 is 0.271 bits per heavy atom. The van der Waals surface area contributed by atoms with Crippen LogP contribution in [0, 0.1) is 0 Å². The Morgan fingerprint density at radius 3 is 0.632 bits per heavy atom. The quantitative estimate of drug-likeness (QED) is 0.0153. The number of aliphatic carboxylic acids is 12. The van der Waals surface area contributed by atoms with Crippen LogP contribution in [0.2, 0.25) is 0 Å². The van der Waals surface area contributed by atoms with E-state index in [0.29, 0.717) is 58.9 Å². The van der Waals surface area contributed by atoms with Crippen molar-refractivity contribution in [1.29, 1.82) is 0 Å². The van der Waals surface area contributed by atoms with E-state index in [1.165, 1.54) is 9.80 Å². The minimum absolute atomic E-state index is 0.00995. The maximum atomic E-state index is 12.3. The highest BCUT2D eigenvalue weighted by Gasteiger charge is 2.32. The van der Waals surface area contributed by atoms with E-state index in [4.69, 9.17) is 4.74 Å². The van der Waals surface area contributed by atoms with Crippen LogP contribution in [-0.2, 0) is 71.6 Å². The van der Waals surface area contributed by atoms with Gasteiger partial charge in [-0.1, -0.05) is 13.8 Å². The molecule has 4 heterocycles. The molecule has 0 saturated carbocycles. The highest BCUT2D eigenvalue weighted by Crippen LogP contribution is 2.35. The Bertz CT molecular complexity index is 3380. The average molecular weight is 1940 g/mol. The molecule has 4 rings (SSSR count). The lowest BCUT2D eigenvalue weighted by molar-refractivity contribution is -0.140. The van der Waals surface area contributed by atoms with Crippen LogP contribution < -0.4 is 0 Å². The summed E-state index contributed by atoms with van der Waals surface area (Å²) in [7, 11) is -4.61. The van der Waals surface area contributed by atoms with Crippen LogP contribution in [0.1, 0.15) is 13.8 Å². The standard InChI is InChI=1S/C40H72N10O18.C39H77N10O15P/c51-31-68-30-50(22-33(53)20-42-3-7-45(25-36(58)59)11-15-48(28-39(64)65)16-12-46(8-4-42)26-37(60)61)18-17-49(29-40(66)67)21-32(52)19-41-1-5-43(23-34(54)55)9-13-47(27-38(62)63)14-10-44(6-2-41)24-35(56)57;1-3-40-5-8-44(27-35(52)53)14-10-42(11-15-45(9-6-40)28-36(54)55)24-33(50)23-41(4-2)7-22-49(32-65(62,63)64)26-34(51)25-43-12-16-46(29-37(56)57)18-20-48(31-39(60)61)21-19-47(17-13-43)30-38(58)59/h31-33,52-53H,1-30H2,(H,54,55)(H,56,57)(H,58,59)(H,60,61)(H,62,63)(H,64,65)(H,66,67);33-34,50-51H,3-32H2,1-2H3,(H,52,53)(H,54,55)(H,56,57)(H,58,59)(H,60,61)(H2,62,63,64). The molecule has 4 aliphatic heterocycles. The molecule has 4 fully saturated rings. The smallest absolute Gasteiger partial charge is 0.339 e. The minimum atomic E-state index is -4.61. The summed E-state index contributed by atoms with van der Waals surface area (Å²) in [5, 5.41) is 160. The number of carbonyl (C=O) groups excluding carboxylic acids is 1. The number of aliphatic hydroxyl groups is 4. The van der Waals surface area contributed by atoms with Gasteiger partial charge in [-0.15, -0.1) is 0 Å². The van der Waals surface area contributed by atoms with Crippen molar-refractivity contribution in [3.05, 3.63) is 0 Å². The van der Waals surface area contributed by atoms with Crippen LogP contribution in [0.5, 0.6) is 0 Å².